The molecule has 5 fully saturated rings. The normalized spacial score (nSPS) is 22.0. The highest BCUT2D eigenvalue weighted by atomic mass is 19.1. The fourth-order valence-electron chi connectivity index (χ4n) is 11.5. The number of hydrogen-bond acceptors (Lipinski definition) is 12. The van der Waals surface area contributed by atoms with E-state index in [1.165, 1.54) is 18.2 Å². The Kier molecular flexibility index (Phi) is 13.3. The maximum atomic E-state index is 17.1. The number of imide groups is 1. The van der Waals surface area contributed by atoms with Crippen LogP contribution in [0.25, 0.3) is 32.9 Å². The third-order valence-electron chi connectivity index (χ3n) is 15.2. The van der Waals surface area contributed by atoms with Crippen LogP contribution in [0.3, 0.4) is 0 Å². The van der Waals surface area contributed by atoms with Crippen LogP contribution < -0.4 is 25.2 Å². The Morgan fingerprint density at radius 3 is 2.38 bits per heavy atom. The van der Waals surface area contributed by atoms with Gasteiger partial charge in [0.25, 0.3) is 0 Å². The predicted octanol–water partition coefficient (Wildman–Crippen LogP) is 8.21. The van der Waals surface area contributed by atoms with E-state index in [1.807, 2.05) is 13.0 Å². The number of phenols is 1. The zero-order valence-corrected chi connectivity index (χ0v) is 39.1. The Balaban J connectivity index is 0.749. The molecule has 360 valence electrons. The molecule has 5 aromatic rings. The van der Waals surface area contributed by atoms with Gasteiger partial charge in [0.15, 0.2) is 5.82 Å². The van der Waals surface area contributed by atoms with E-state index in [9.17, 15) is 14.7 Å². The molecule has 0 aliphatic carbocycles. The van der Waals surface area contributed by atoms with Crippen molar-refractivity contribution in [1.29, 1.82) is 0 Å². The van der Waals surface area contributed by atoms with Crippen molar-refractivity contribution in [3.8, 4) is 23.0 Å². The van der Waals surface area contributed by atoms with E-state index in [0.29, 0.717) is 75.2 Å². The van der Waals surface area contributed by atoms with Crippen LogP contribution in [0, 0.1) is 29.3 Å². The lowest BCUT2D eigenvalue weighted by Gasteiger charge is -2.43. The number of carbonyl (C=O) groups is 2. The highest BCUT2D eigenvalue weighted by Crippen LogP contribution is 2.40. The number of anilines is 3. The Bertz CT molecular complexity index is 2680. The van der Waals surface area contributed by atoms with Gasteiger partial charge >= 0.3 is 6.01 Å². The minimum atomic E-state index is -0.661. The number of amides is 2. The van der Waals surface area contributed by atoms with E-state index in [1.54, 1.807) is 24.4 Å². The molecule has 1 unspecified atom stereocenters. The number of aryl methyl sites for hydroxylation is 1. The van der Waals surface area contributed by atoms with E-state index in [-0.39, 0.29) is 53.1 Å². The monoisotopic (exact) mass is 933 g/mol. The van der Waals surface area contributed by atoms with Crippen molar-refractivity contribution in [3.05, 3.63) is 71.7 Å². The molecular formula is C52H62F3N9O4. The largest absolute Gasteiger partial charge is 0.508 e. The summed E-state index contributed by atoms with van der Waals surface area (Å²) in [5, 5.41) is 17.7. The fraction of sp³-hybridized carbons (Fsp3) is 0.519. The van der Waals surface area contributed by atoms with Crippen LogP contribution in [0.5, 0.6) is 11.8 Å². The Morgan fingerprint density at radius 1 is 0.853 bits per heavy atom. The molecule has 7 heterocycles. The summed E-state index contributed by atoms with van der Waals surface area (Å²) in [6.45, 7) is 12.2. The maximum Gasteiger partial charge on any atom is 0.319 e. The number of fused-ring (bicyclic) bond motifs is 2. The van der Waals surface area contributed by atoms with Crippen LogP contribution in [0.2, 0.25) is 0 Å². The zero-order valence-electron chi connectivity index (χ0n) is 39.1. The maximum absolute atomic E-state index is 17.1. The second kappa shape index (κ2) is 19.7. The van der Waals surface area contributed by atoms with E-state index in [0.717, 1.165) is 110 Å². The van der Waals surface area contributed by atoms with Crippen molar-refractivity contribution >= 4 is 50.7 Å². The number of benzene rings is 3. The highest BCUT2D eigenvalue weighted by molar-refractivity contribution is 6.02. The average Bonchev–Trinajstić information content (AvgIpc) is 3.33. The molecule has 3 aromatic carbocycles. The van der Waals surface area contributed by atoms with Gasteiger partial charge in [0, 0.05) is 75.7 Å². The molecule has 0 spiro atoms. The summed E-state index contributed by atoms with van der Waals surface area (Å²) in [4.78, 5) is 47.5. The number of hydrogen-bond donors (Lipinski definition) is 3. The highest BCUT2D eigenvalue weighted by Gasteiger charge is 2.33. The lowest BCUT2D eigenvalue weighted by molar-refractivity contribution is -0.133. The first-order valence-electron chi connectivity index (χ1n) is 24.8. The number of ether oxygens (including phenoxy) is 1. The van der Waals surface area contributed by atoms with Gasteiger partial charge in [0.1, 0.15) is 46.6 Å². The summed E-state index contributed by atoms with van der Waals surface area (Å²) in [6, 6.07) is 11.1. The summed E-state index contributed by atoms with van der Waals surface area (Å²) in [5.74, 6) is -0.482. The van der Waals surface area contributed by atoms with Gasteiger partial charge in [-0.05, 0) is 142 Å². The second-order valence-electron chi connectivity index (χ2n) is 19.8. The number of pyridine rings is 1. The minimum absolute atomic E-state index is 0.00924. The van der Waals surface area contributed by atoms with Gasteiger partial charge in [-0.1, -0.05) is 19.9 Å². The summed E-state index contributed by atoms with van der Waals surface area (Å²) in [6.07, 6.45) is 10.4. The van der Waals surface area contributed by atoms with E-state index in [4.69, 9.17) is 14.7 Å². The van der Waals surface area contributed by atoms with E-state index >= 15 is 13.2 Å². The third-order valence-corrected chi connectivity index (χ3v) is 15.2. The van der Waals surface area contributed by atoms with E-state index in [2.05, 4.69) is 42.1 Å². The smallest absolute Gasteiger partial charge is 0.319 e. The number of nitrogens with zero attached hydrogens (tertiary/aromatic N) is 7. The van der Waals surface area contributed by atoms with Crippen molar-refractivity contribution in [3.63, 3.8) is 0 Å². The first-order valence-corrected chi connectivity index (χ1v) is 24.8. The Hall–Kier alpha value is -5.74. The number of carbonyl (C=O) groups excluding carboxylic acids is 2. The molecule has 0 bridgehead atoms. The van der Waals surface area contributed by atoms with Crippen LogP contribution in [-0.4, -0.2) is 119 Å². The molecule has 0 radical (unpaired) electrons. The number of piperidine rings is 5. The Morgan fingerprint density at radius 2 is 1.65 bits per heavy atom. The van der Waals surface area contributed by atoms with Gasteiger partial charge in [-0.2, -0.15) is 9.97 Å². The SMILES string of the molecule is CCc1c(F)ccc2cc(O)cc(-c3ncc4c(N5CCC[C@H](C)C5)nc(OC5CCN(C6CCN(CC7CCN(c8ccc(NC9CCC(=O)NC9=O)cc8F)CC7)CC6)CC5)nc4c3F)c12. The summed E-state index contributed by atoms with van der Waals surface area (Å²) in [5.41, 5.74) is 1.94. The quantitative estimate of drug-likeness (QED) is 0.110. The average molecular weight is 934 g/mol. The number of rotatable bonds is 11. The molecule has 16 heteroatoms. The molecule has 68 heavy (non-hydrogen) atoms. The van der Waals surface area contributed by atoms with Crippen LogP contribution in [-0.2, 0) is 16.0 Å². The zero-order chi connectivity index (χ0) is 47.1. The number of aromatic hydroxyl groups is 1. The number of likely N-dealkylation sites (tertiary alicyclic amines) is 2. The summed E-state index contributed by atoms with van der Waals surface area (Å²) < 4.78 is 54.1. The van der Waals surface area contributed by atoms with Crippen molar-refractivity contribution < 1.29 is 32.6 Å². The fourth-order valence-corrected chi connectivity index (χ4v) is 11.5. The third kappa shape index (κ3) is 9.63. The van der Waals surface area contributed by atoms with Crippen LogP contribution in [0.15, 0.2) is 48.7 Å². The Labute approximate surface area is 395 Å². The summed E-state index contributed by atoms with van der Waals surface area (Å²) >= 11 is 0. The van der Waals surface area contributed by atoms with Crippen molar-refractivity contribution in [2.75, 3.05) is 74.0 Å². The lowest BCUT2D eigenvalue weighted by atomic mass is 9.93. The van der Waals surface area contributed by atoms with Gasteiger partial charge in [0.05, 0.1) is 11.1 Å². The topological polar surface area (TPSA) is 139 Å². The van der Waals surface area contributed by atoms with Gasteiger partial charge in [-0.3, -0.25) is 19.9 Å². The number of aromatic nitrogens is 3. The molecule has 5 saturated heterocycles. The molecular weight excluding hydrogens is 872 g/mol. The molecule has 2 aromatic heterocycles. The standard InChI is InChI=1S/C52H62F3N9O4/c1-3-38-41(53)8-6-33-25-36(65)27-39(46(33)38)48-47(55)49-40(28-56-48)50(64-18-4-5-31(2)29-64)60-52(59-49)68-37-16-23-62(24-17-37)35-14-19-61(20-15-35)30-32-12-21-63(22-13-32)44-10-7-34(26-42(44)54)57-43-9-11-45(66)58-51(43)67/h6-8,10,25-28,31-32,35,37,43,57,65H,3-5,9,11-24,29-30H2,1-2H3,(H,58,66,67)/t31-,43?/m0/s1. The van der Waals surface area contributed by atoms with Crippen molar-refractivity contribution in [2.45, 2.75) is 103 Å². The van der Waals surface area contributed by atoms with Crippen LogP contribution >= 0.6 is 0 Å². The lowest BCUT2D eigenvalue weighted by Crippen LogP contribution is -2.50. The molecule has 2 atom stereocenters. The van der Waals surface area contributed by atoms with Gasteiger partial charge < -0.3 is 34.8 Å². The molecule has 0 saturated carbocycles. The number of halogens is 3. The molecule has 10 rings (SSSR count). The van der Waals surface area contributed by atoms with Crippen LogP contribution in [0.1, 0.15) is 83.6 Å². The first kappa shape index (κ1) is 46.0. The van der Waals surface area contributed by atoms with E-state index < -0.39 is 17.7 Å². The molecule has 13 nitrogen and oxygen atoms in total. The summed E-state index contributed by atoms with van der Waals surface area (Å²) in [7, 11) is 0. The molecule has 3 N–H and O–H groups in total. The predicted molar refractivity (Wildman–Crippen MR) is 258 cm³/mol. The second-order valence-corrected chi connectivity index (χ2v) is 19.8. The number of phenolic OH excluding ortho intramolecular Hbond substituents is 1. The minimum Gasteiger partial charge on any atom is -0.508 e. The first-order chi connectivity index (χ1) is 33.0. The van der Waals surface area contributed by atoms with Crippen LogP contribution in [0.4, 0.5) is 30.4 Å². The van der Waals surface area contributed by atoms with Gasteiger partial charge in [-0.15, -0.1) is 0 Å². The van der Waals surface area contributed by atoms with Gasteiger partial charge in [0.2, 0.25) is 11.8 Å². The molecule has 2 amide bonds. The molecule has 5 aliphatic heterocycles. The van der Waals surface area contributed by atoms with Crippen molar-refractivity contribution in [1.82, 2.24) is 30.1 Å². The van der Waals surface area contributed by atoms with Gasteiger partial charge in [-0.25, -0.2) is 13.2 Å². The molecule has 5 aliphatic rings. The number of nitrogens with one attached hydrogen (secondary N) is 2. The van der Waals surface area contributed by atoms with Crippen molar-refractivity contribution in [2.24, 2.45) is 11.8 Å².